The summed E-state index contributed by atoms with van der Waals surface area (Å²) in [5, 5.41) is 0.289. The van der Waals surface area contributed by atoms with Crippen LogP contribution in [0.4, 0.5) is 0 Å². The minimum atomic E-state index is -1.59. The van der Waals surface area contributed by atoms with Gasteiger partial charge in [0.1, 0.15) is 0 Å². The zero-order valence-corrected chi connectivity index (χ0v) is 12.5. The highest BCUT2D eigenvalue weighted by Gasteiger charge is 2.37. The van der Waals surface area contributed by atoms with Gasteiger partial charge in [-0.15, -0.1) is 0 Å². The summed E-state index contributed by atoms with van der Waals surface area (Å²) in [6, 6.07) is 0. The minimum Gasteiger partial charge on any atom is -0.414 e. The Kier molecular flexibility index (Phi) is 6.07. The molecule has 0 aliphatic carbocycles. The third kappa shape index (κ3) is 5.14. The Bertz CT molecular complexity index is 173. The monoisotopic (exact) mass is 232 g/mol. The van der Waals surface area contributed by atoms with Crippen LogP contribution in [0.3, 0.4) is 0 Å². The second-order valence-electron chi connectivity index (χ2n) is 5.72. The molecule has 0 radical (unpaired) electrons. The van der Waals surface area contributed by atoms with E-state index in [9.17, 15) is 0 Å². The van der Waals surface area contributed by atoms with Gasteiger partial charge in [0.2, 0.25) is 0 Å². The van der Waals surface area contributed by atoms with Gasteiger partial charge in [0.25, 0.3) is 0 Å². The van der Waals surface area contributed by atoms with E-state index >= 15 is 0 Å². The fourth-order valence-corrected chi connectivity index (χ4v) is 2.14. The van der Waals surface area contributed by atoms with Crippen LogP contribution < -0.4 is 0 Å². The number of rotatable bonds is 6. The summed E-state index contributed by atoms with van der Waals surface area (Å²) in [5.74, 6) is 0. The van der Waals surface area contributed by atoms with Crippen molar-refractivity contribution in [3.63, 3.8) is 0 Å². The standard InChI is InChI=1S/C12H28O2Si/c1-8-9-11(13-5)10-14-15(6,7)12(2,3)4/h11H,8-10H2,1-7H3/t11-/m1/s1. The van der Waals surface area contributed by atoms with Gasteiger partial charge in [-0.05, 0) is 24.6 Å². The van der Waals surface area contributed by atoms with Gasteiger partial charge in [0.15, 0.2) is 8.32 Å². The molecule has 0 aliphatic heterocycles. The Balaban J connectivity index is 4.12. The van der Waals surface area contributed by atoms with Gasteiger partial charge in [-0.1, -0.05) is 34.1 Å². The smallest absolute Gasteiger partial charge is 0.192 e. The molecule has 0 heterocycles. The molecule has 0 aromatic rings. The lowest BCUT2D eigenvalue weighted by molar-refractivity contribution is 0.0468. The second kappa shape index (κ2) is 6.02. The van der Waals surface area contributed by atoms with Crippen molar-refractivity contribution in [1.82, 2.24) is 0 Å². The quantitative estimate of drug-likeness (QED) is 0.648. The maximum Gasteiger partial charge on any atom is 0.192 e. The highest BCUT2D eigenvalue weighted by Crippen LogP contribution is 2.36. The summed E-state index contributed by atoms with van der Waals surface area (Å²) >= 11 is 0. The summed E-state index contributed by atoms with van der Waals surface area (Å²) in [5.41, 5.74) is 0. The van der Waals surface area contributed by atoms with Gasteiger partial charge in [-0.3, -0.25) is 0 Å². The summed E-state index contributed by atoms with van der Waals surface area (Å²) in [6.45, 7) is 14.3. The van der Waals surface area contributed by atoms with E-state index in [0.717, 1.165) is 19.4 Å². The molecule has 0 saturated heterocycles. The molecule has 0 amide bonds. The average molecular weight is 232 g/mol. The maximum atomic E-state index is 6.11. The molecule has 0 aromatic heterocycles. The van der Waals surface area contributed by atoms with Crippen molar-refractivity contribution < 1.29 is 9.16 Å². The van der Waals surface area contributed by atoms with Gasteiger partial charge in [-0.2, -0.15) is 0 Å². The van der Waals surface area contributed by atoms with Crippen LogP contribution in [0, 0.1) is 0 Å². The molecule has 0 unspecified atom stereocenters. The molecule has 2 nitrogen and oxygen atoms in total. The van der Waals surface area contributed by atoms with Gasteiger partial charge >= 0.3 is 0 Å². The molecule has 92 valence electrons. The third-order valence-electron chi connectivity index (χ3n) is 3.38. The lowest BCUT2D eigenvalue weighted by Crippen LogP contribution is -2.42. The van der Waals surface area contributed by atoms with Crippen LogP contribution >= 0.6 is 0 Å². The summed E-state index contributed by atoms with van der Waals surface area (Å²) in [7, 11) is 0.180. The zero-order valence-electron chi connectivity index (χ0n) is 11.5. The molecule has 0 saturated carbocycles. The molecular formula is C12H28O2Si. The second-order valence-corrected chi connectivity index (χ2v) is 10.5. The lowest BCUT2D eigenvalue weighted by Gasteiger charge is -2.37. The summed E-state index contributed by atoms with van der Waals surface area (Å²) in [4.78, 5) is 0. The van der Waals surface area contributed by atoms with E-state index in [1.807, 2.05) is 0 Å². The summed E-state index contributed by atoms with van der Waals surface area (Å²) in [6.07, 6.45) is 2.51. The van der Waals surface area contributed by atoms with Crippen molar-refractivity contribution in [3.8, 4) is 0 Å². The molecule has 1 atom stereocenters. The van der Waals surface area contributed by atoms with Crippen LogP contribution in [0.1, 0.15) is 40.5 Å². The predicted octanol–water partition coefficient (Wildman–Crippen LogP) is 3.82. The first-order valence-corrected chi connectivity index (χ1v) is 8.82. The van der Waals surface area contributed by atoms with Crippen molar-refractivity contribution in [2.75, 3.05) is 13.7 Å². The third-order valence-corrected chi connectivity index (χ3v) is 7.88. The van der Waals surface area contributed by atoms with Crippen LogP contribution in [0.15, 0.2) is 0 Å². The highest BCUT2D eigenvalue weighted by molar-refractivity contribution is 6.74. The number of hydrogen-bond acceptors (Lipinski definition) is 2. The van der Waals surface area contributed by atoms with Crippen LogP contribution in [-0.2, 0) is 9.16 Å². The first-order chi connectivity index (χ1) is 6.74. The molecular weight excluding hydrogens is 204 g/mol. The molecule has 0 fully saturated rings. The molecule has 0 aromatic carbocycles. The number of ether oxygens (including phenoxy) is 1. The molecule has 15 heavy (non-hydrogen) atoms. The van der Waals surface area contributed by atoms with E-state index in [0.29, 0.717) is 0 Å². The fraction of sp³-hybridized carbons (Fsp3) is 1.00. The molecule has 0 rings (SSSR count). The van der Waals surface area contributed by atoms with E-state index < -0.39 is 8.32 Å². The van der Waals surface area contributed by atoms with Gasteiger partial charge in [0, 0.05) is 7.11 Å². The molecule has 0 bridgehead atoms. The van der Waals surface area contributed by atoms with Crippen molar-refractivity contribution in [1.29, 1.82) is 0 Å². The van der Waals surface area contributed by atoms with Crippen LogP contribution in [-0.4, -0.2) is 28.1 Å². The maximum absolute atomic E-state index is 6.11. The van der Waals surface area contributed by atoms with Gasteiger partial charge in [-0.25, -0.2) is 0 Å². The van der Waals surface area contributed by atoms with E-state index in [1.54, 1.807) is 7.11 Å². The molecule has 0 aliphatic rings. The van der Waals surface area contributed by atoms with Crippen molar-refractivity contribution in [2.45, 2.75) is 64.8 Å². The normalized spacial score (nSPS) is 15.4. The zero-order chi connectivity index (χ0) is 12.1. The average Bonchev–Trinajstić information content (AvgIpc) is 2.10. The van der Waals surface area contributed by atoms with Gasteiger partial charge < -0.3 is 9.16 Å². The van der Waals surface area contributed by atoms with Crippen molar-refractivity contribution >= 4 is 8.32 Å². The SMILES string of the molecule is CCC[C@H](CO[Si](C)(C)C(C)(C)C)OC. The van der Waals surface area contributed by atoms with E-state index in [2.05, 4.69) is 40.8 Å². The largest absolute Gasteiger partial charge is 0.414 e. The Morgan fingerprint density at radius 1 is 1.20 bits per heavy atom. The minimum absolute atomic E-state index is 0.268. The highest BCUT2D eigenvalue weighted by atomic mass is 28.4. The Morgan fingerprint density at radius 3 is 2.07 bits per heavy atom. The van der Waals surface area contributed by atoms with Crippen LogP contribution in [0.25, 0.3) is 0 Å². The van der Waals surface area contributed by atoms with Crippen molar-refractivity contribution in [2.24, 2.45) is 0 Å². The van der Waals surface area contributed by atoms with E-state index in [4.69, 9.17) is 9.16 Å². The van der Waals surface area contributed by atoms with Crippen molar-refractivity contribution in [3.05, 3.63) is 0 Å². The van der Waals surface area contributed by atoms with E-state index in [1.165, 1.54) is 0 Å². The first-order valence-electron chi connectivity index (χ1n) is 5.91. The number of hydrogen-bond donors (Lipinski definition) is 0. The number of methoxy groups -OCH3 is 1. The predicted molar refractivity (Wildman–Crippen MR) is 68.9 cm³/mol. The Hall–Kier alpha value is 0.137. The molecule has 0 N–H and O–H groups in total. The van der Waals surface area contributed by atoms with Gasteiger partial charge in [0.05, 0.1) is 12.7 Å². The molecule has 0 spiro atoms. The topological polar surface area (TPSA) is 18.5 Å². The Morgan fingerprint density at radius 2 is 1.73 bits per heavy atom. The Labute approximate surface area is 96.5 Å². The lowest BCUT2D eigenvalue weighted by atomic mass is 10.2. The first kappa shape index (κ1) is 15.1. The summed E-state index contributed by atoms with van der Waals surface area (Å²) < 4.78 is 11.5. The van der Waals surface area contributed by atoms with Crippen LogP contribution in [0.2, 0.25) is 18.1 Å². The molecule has 3 heteroatoms. The van der Waals surface area contributed by atoms with Crippen LogP contribution in [0.5, 0.6) is 0 Å². The fourth-order valence-electron chi connectivity index (χ4n) is 1.11. The van der Waals surface area contributed by atoms with E-state index in [-0.39, 0.29) is 11.1 Å².